The van der Waals surface area contributed by atoms with Crippen molar-refractivity contribution in [3.05, 3.63) is 0 Å². The average molecular weight is 257 g/mol. The van der Waals surface area contributed by atoms with Crippen LogP contribution >= 0.6 is 0 Å². The molecule has 0 fully saturated rings. The summed E-state index contributed by atoms with van der Waals surface area (Å²) in [4.78, 5) is 22.9. The van der Waals surface area contributed by atoms with Gasteiger partial charge in [-0.1, -0.05) is 41.0 Å². The van der Waals surface area contributed by atoms with Gasteiger partial charge in [-0.2, -0.15) is 0 Å². The molecule has 1 unspecified atom stereocenters. The highest BCUT2D eigenvalue weighted by molar-refractivity contribution is 5.83. The van der Waals surface area contributed by atoms with Crippen LogP contribution < -0.4 is 5.32 Å². The van der Waals surface area contributed by atoms with Crippen molar-refractivity contribution < 1.29 is 14.7 Å². The molecule has 0 radical (unpaired) electrons. The van der Waals surface area contributed by atoms with Gasteiger partial charge in [0.05, 0.1) is 0 Å². The van der Waals surface area contributed by atoms with E-state index >= 15 is 0 Å². The third-order valence-electron chi connectivity index (χ3n) is 3.26. The van der Waals surface area contributed by atoms with E-state index < -0.39 is 12.0 Å². The minimum atomic E-state index is -0.949. The molecule has 0 spiro atoms. The second kappa shape index (κ2) is 8.11. The Kier molecular flexibility index (Phi) is 7.64. The molecule has 0 rings (SSSR count). The third kappa shape index (κ3) is 6.62. The molecule has 0 aromatic rings. The van der Waals surface area contributed by atoms with Gasteiger partial charge in [-0.3, -0.25) is 4.79 Å². The lowest BCUT2D eigenvalue weighted by molar-refractivity contribution is -0.142. The van der Waals surface area contributed by atoms with E-state index in [1.54, 1.807) is 0 Å². The highest BCUT2D eigenvalue weighted by Crippen LogP contribution is 2.18. The van der Waals surface area contributed by atoms with E-state index in [1.807, 2.05) is 13.8 Å². The zero-order valence-corrected chi connectivity index (χ0v) is 12.2. The molecule has 0 aliphatic carbocycles. The van der Waals surface area contributed by atoms with Gasteiger partial charge in [-0.05, 0) is 24.2 Å². The van der Waals surface area contributed by atoms with Crippen molar-refractivity contribution in [1.29, 1.82) is 0 Å². The van der Waals surface area contributed by atoms with Crippen molar-refractivity contribution in [3.8, 4) is 0 Å². The Morgan fingerprint density at radius 3 is 2.06 bits per heavy atom. The lowest BCUT2D eigenvalue weighted by atomic mass is 9.89. The van der Waals surface area contributed by atoms with Gasteiger partial charge in [0.25, 0.3) is 0 Å². The minimum absolute atomic E-state index is 0.149. The zero-order valence-electron chi connectivity index (χ0n) is 12.2. The molecule has 1 amide bonds. The maximum atomic E-state index is 11.8. The van der Waals surface area contributed by atoms with Gasteiger partial charge in [0.15, 0.2) is 0 Å². The summed E-state index contributed by atoms with van der Waals surface area (Å²) in [6.45, 7) is 10.1. The lowest BCUT2D eigenvalue weighted by Gasteiger charge is -2.21. The average Bonchev–Trinajstić information content (AvgIpc) is 2.23. The fourth-order valence-electron chi connectivity index (χ4n) is 2.04. The van der Waals surface area contributed by atoms with Gasteiger partial charge in [0.1, 0.15) is 6.04 Å². The van der Waals surface area contributed by atoms with Crippen LogP contribution in [0, 0.1) is 17.8 Å². The monoisotopic (exact) mass is 257 g/mol. The summed E-state index contributed by atoms with van der Waals surface area (Å²) < 4.78 is 0. The first-order valence-electron chi connectivity index (χ1n) is 6.80. The highest BCUT2D eigenvalue weighted by Gasteiger charge is 2.23. The molecule has 18 heavy (non-hydrogen) atoms. The summed E-state index contributed by atoms with van der Waals surface area (Å²) >= 11 is 0. The Labute approximate surface area is 110 Å². The SMILES string of the molecule is CCC(CC(=O)N[C@@H](CC(C)C)C(=O)O)C(C)C. The molecule has 4 nitrogen and oxygen atoms in total. The second-order valence-electron chi connectivity index (χ2n) is 5.70. The molecule has 106 valence electrons. The predicted molar refractivity (Wildman–Crippen MR) is 72.3 cm³/mol. The summed E-state index contributed by atoms with van der Waals surface area (Å²) in [5.41, 5.74) is 0. The van der Waals surface area contributed by atoms with Crippen molar-refractivity contribution in [2.45, 2.75) is 59.9 Å². The Hall–Kier alpha value is -1.06. The third-order valence-corrected chi connectivity index (χ3v) is 3.26. The first kappa shape index (κ1) is 16.9. The van der Waals surface area contributed by atoms with E-state index in [2.05, 4.69) is 26.1 Å². The number of nitrogens with one attached hydrogen (secondary N) is 1. The number of rotatable bonds is 8. The number of carbonyl (C=O) groups excluding carboxylic acids is 1. The molecule has 0 aromatic heterocycles. The maximum Gasteiger partial charge on any atom is 0.326 e. The fourth-order valence-corrected chi connectivity index (χ4v) is 2.04. The van der Waals surface area contributed by atoms with E-state index in [0.717, 1.165) is 6.42 Å². The van der Waals surface area contributed by atoms with Crippen LogP contribution in [0.2, 0.25) is 0 Å². The Morgan fingerprint density at radius 2 is 1.72 bits per heavy atom. The number of carboxylic acid groups (broad SMARTS) is 1. The lowest BCUT2D eigenvalue weighted by Crippen LogP contribution is -2.42. The molecule has 0 bridgehead atoms. The number of carboxylic acids is 1. The van der Waals surface area contributed by atoms with Gasteiger partial charge < -0.3 is 10.4 Å². The van der Waals surface area contributed by atoms with E-state index in [9.17, 15) is 9.59 Å². The van der Waals surface area contributed by atoms with Crippen molar-refractivity contribution in [2.75, 3.05) is 0 Å². The van der Waals surface area contributed by atoms with Crippen LogP contribution in [-0.4, -0.2) is 23.0 Å². The molecule has 4 heteroatoms. The summed E-state index contributed by atoms with van der Waals surface area (Å²) in [5, 5.41) is 11.7. The van der Waals surface area contributed by atoms with E-state index in [0.29, 0.717) is 24.7 Å². The molecular formula is C14H27NO3. The van der Waals surface area contributed by atoms with Gasteiger partial charge in [-0.15, -0.1) is 0 Å². The standard InChI is InChI=1S/C14H27NO3/c1-6-11(10(4)5)8-13(16)15-12(14(17)18)7-9(2)3/h9-12H,6-8H2,1-5H3,(H,15,16)(H,17,18)/t11?,12-/m0/s1. The van der Waals surface area contributed by atoms with Gasteiger partial charge >= 0.3 is 5.97 Å². The number of hydrogen-bond acceptors (Lipinski definition) is 2. The summed E-state index contributed by atoms with van der Waals surface area (Å²) in [6.07, 6.45) is 1.82. The van der Waals surface area contributed by atoms with E-state index in [4.69, 9.17) is 5.11 Å². The van der Waals surface area contributed by atoms with Crippen molar-refractivity contribution in [3.63, 3.8) is 0 Å². The van der Waals surface area contributed by atoms with Gasteiger partial charge in [0.2, 0.25) is 5.91 Å². The highest BCUT2D eigenvalue weighted by atomic mass is 16.4. The zero-order chi connectivity index (χ0) is 14.3. The molecule has 0 saturated heterocycles. The largest absolute Gasteiger partial charge is 0.480 e. The Balaban J connectivity index is 4.37. The van der Waals surface area contributed by atoms with Crippen LogP contribution in [0.3, 0.4) is 0 Å². The molecule has 0 heterocycles. The fraction of sp³-hybridized carbons (Fsp3) is 0.857. The smallest absolute Gasteiger partial charge is 0.326 e. The Morgan fingerprint density at radius 1 is 1.17 bits per heavy atom. The van der Waals surface area contributed by atoms with Gasteiger partial charge in [0, 0.05) is 6.42 Å². The van der Waals surface area contributed by atoms with Crippen molar-refractivity contribution >= 4 is 11.9 Å². The molecule has 0 aromatic carbocycles. The number of amides is 1. The summed E-state index contributed by atoms with van der Waals surface area (Å²) in [7, 11) is 0. The van der Waals surface area contributed by atoms with E-state index in [1.165, 1.54) is 0 Å². The van der Waals surface area contributed by atoms with E-state index in [-0.39, 0.29) is 11.8 Å². The molecular weight excluding hydrogens is 230 g/mol. The first-order chi connectivity index (χ1) is 8.27. The second-order valence-corrected chi connectivity index (χ2v) is 5.70. The number of carbonyl (C=O) groups is 2. The number of aliphatic carboxylic acids is 1. The normalized spacial score (nSPS) is 14.6. The van der Waals surface area contributed by atoms with Crippen LogP contribution in [0.15, 0.2) is 0 Å². The van der Waals surface area contributed by atoms with Crippen LogP contribution in [0.1, 0.15) is 53.9 Å². The number of hydrogen-bond donors (Lipinski definition) is 2. The van der Waals surface area contributed by atoms with Crippen LogP contribution in [0.4, 0.5) is 0 Å². The van der Waals surface area contributed by atoms with Gasteiger partial charge in [-0.25, -0.2) is 4.79 Å². The predicted octanol–water partition coefficient (Wildman–Crippen LogP) is 2.67. The molecule has 0 aliphatic heterocycles. The molecule has 0 aliphatic rings. The van der Waals surface area contributed by atoms with Crippen LogP contribution in [0.25, 0.3) is 0 Å². The van der Waals surface area contributed by atoms with Crippen molar-refractivity contribution in [2.24, 2.45) is 17.8 Å². The van der Waals surface area contributed by atoms with Crippen LogP contribution in [-0.2, 0) is 9.59 Å². The summed E-state index contributed by atoms with van der Waals surface area (Å²) in [5.74, 6) is -0.0932. The Bertz CT molecular complexity index is 274. The topological polar surface area (TPSA) is 66.4 Å². The molecule has 2 N–H and O–H groups in total. The summed E-state index contributed by atoms with van der Waals surface area (Å²) in [6, 6.07) is -0.762. The minimum Gasteiger partial charge on any atom is -0.480 e. The quantitative estimate of drug-likeness (QED) is 0.702. The molecule has 0 saturated carbocycles. The van der Waals surface area contributed by atoms with Crippen LogP contribution in [0.5, 0.6) is 0 Å². The van der Waals surface area contributed by atoms with Crippen molar-refractivity contribution in [1.82, 2.24) is 5.32 Å². The molecule has 2 atom stereocenters. The maximum absolute atomic E-state index is 11.8. The first-order valence-corrected chi connectivity index (χ1v) is 6.80.